The van der Waals surface area contributed by atoms with Crippen molar-refractivity contribution in [3.8, 4) is 0 Å². The third-order valence-electron chi connectivity index (χ3n) is 3.12. The van der Waals surface area contributed by atoms with Crippen molar-refractivity contribution in [3.05, 3.63) is 65.0 Å². The minimum absolute atomic E-state index is 0.0885. The summed E-state index contributed by atoms with van der Waals surface area (Å²) >= 11 is 0. The van der Waals surface area contributed by atoms with Gasteiger partial charge in [-0.25, -0.2) is 0 Å². The maximum Gasteiger partial charge on any atom is 0.0379 e. The molecule has 0 aliphatic rings. The number of nitrogens with two attached hydrogens (primary N) is 1. The van der Waals surface area contributed by atoms with Gasteiger partial charge in [-0.2, -0.15) is 0 Å². The lowest BCUT2D eigenvalue weighted by atomic mass is 9.99. The van der Waals surface area contributed by atoms with E-state index in [0.717, 1.165) is 24.2 Å². The van der Waals surface area contributed by atoms with Crippen molar-refractivity contribution in [3.63, 3.8) is 0 Å². The van der Waals surface area contributed by atoms with Gasteiger partial charge in [-0.1, -0.05) is 30.3 Å². The molecule has 1 aromatic heterocycles. The number of aromatic nitrogens is 1. The normalized spacial score (nSPS) is 12.4. The maximum atomic E-state index is 6.25. The van der Waals surface area contributed by atoms with Crippen LogP contribution in [0.25, 0.3) is 0 Å². The van der Waals surface area contributed by atoms with Gasteiger partial charge in [0.25, 0.3) is 0 Å². The van der Waals surface area contributed by atoms with Crippen molar-refractivity contribution in [2.75, 3.05) is 0 Å². The molecular formula is C16H20N2. The van der Waals surface area contributed by atoms with E-state index in [1.807, 2.05) is 19.9 Å². The van der Waals surface area contributed by atoms with E-state index >= 15 is 0 Å². The molecule has 2 N–H and O–H groups in total. The van der Waals surface area contributed by atoms with Gasteiger partial charge < -0.3 is 5.73 Å². The molecule has 1 unspecified atom stereocenters. The summed E-state index contributed by atoms with van der Waals surface area (Å²) in [4.78, 5) is 4.38. The molecule has 1 aromatic carbocycles. The number of benzene rings is 1. The average Bonchev–Trinajstić information content (AvgIpc) is 2.36. The summed E-state index contributed by atoms with van der Waals surface area (Å²) in [6, 6.07) is 14.7. The summed E-state index contributed by atoms with van der Waals surface area (Å²) < 4.78 is 0. The van der Waals surface area contributed by atoms with E-state index in [0.29, 0.717) is 0 Å². The second kappa shape index (κ2) is 5.78. The molecule has 0 aliphatic heterocycles. The van der Waals surface area contributed by atoms with Crippen LogP contribution in [0.3, 0.4) is 0 Å². The summed E-state index contributed by atoms with van der Waals surface area (Å²) in [7, 11) is 0. The van der Waals surface area contributed by atoms with Crippen LogP contribution in [-0.2, 0) is 6.42 Å². The highest BCUT2D eigenvalue weighted by Crippen LogP contribution is 2.18. The van der Waals surface area contributed by atoms with E-state index < -0.39 is 0 Å². The molecule has 2 nitrogen and oxygen atoms in total. The number of pyridine rings is 1. The number of hydrogen-bond acceptors (Lipinski definition) is 2. The van der Waals surface area contributed by atoms with Gasteiger partial charge in [0.05, 0.1) is 0 Å². The standard InChI is InChI=1S/C16H20N2/c1-12-10-15(11-13(2)18-12)16(17)9-8-14-6-4-3-5-7-14/h3-7,10-11,16H,8-9,17H2,1-2H3. The lowest BCUT2D eigenvalue weighted by Gasteiger charge is -2.13. The minimum Gasteiger partial charge on any atom is -0.324 e. The summed E-state index contributed by atoms with van der Waals surface area (Å²) in [5.41, 5.74) is 10.9. The molecule has 0 saturated carbocycles. The maximum absolute atomic E-state index is 6.25. The Kier molecular flexibility index (Phi) is 4.11. The zero-order valence-corrected chi connectivity index (χ0v) is 11.1. The van der Waals surface area contributed by atoms with Gasteiger partial charge in [0.15, 0.2) is 0 Å². The van der Waals surface area contributed by atoms with Crippen molar-refractivity contribution in [2.24, 2.45) is 5.73 Å². The molecule has 94 valence electrons. The SMILES string of the molecule is Cc1cc(C(N)CCc2ccccc2)cc(C)n1. The van der Waals surface area contributed by atoms with Crippen molar-refractivity contribution in [1.29, 1.82) is 0 Å². The Balaban J connectivity index is 2.01. The number of nitrogens with zero attached hydrogens (tertiary/aromatic N) is 1. The molecule has 0 radical (unpaired) electrons. The smallest absolute Gasteiger partial charge is 0.0379 e. The molecule has 2 heteroatoms. The second-order valence-corrected chi connectivity index (χ2v) is 4.81. The molecular weight excluding hydrogens is 220 g/mol. The van der Waals surface area contributed by atoms with Crippen LogP contribution < -0.4 is 5.73 Å². The number of rotatable bonds is 4. The van der Waals surface area contributed by atoms with Crippen molar-refractivity contribution in [1.82, 2.24) is 4.98 Å². The van der Waals surface area contributed by atoms with E-state index in [1.54, 1.807) is 0 Å². The Hall–Kier alpha value is -1.67. The van der Waals surface area contributed by atoms with Gasteiger partial charge in [-0.05, 0) is 49.9 Å². The lowest BCUT2D eigenvalue weighted by molar-refractivity contribution is 0.649. The first-order chi connectivity index (χ1) is 8.65. The van der Waals surface area contributed by atoms with Crippen molar-refractivity contribution < 1.29 is 0 Å². The van der Waals surface area contributed by atoms with E-state index in [1.165, 1.54) is 11.1 Å². The minimum atomic E-state index is 0.0885. The van der Waals surface area contributed by atoms with Gasteiger partial charge in [-0.15, -0.1) is 0 Å². The summed E-state index contributed by atoms with van der Waals surface area (Å²) in [5, 5.41) is 0. The van der Waals surface area contributed by atoms with Crippen LogP contribution >= 0.6 is 0 Å². The van der Waals surface area contributed by atoms with E-state index in [2.05, 4.69) is 41.4 Å². The third kappa shape index (κ3) is 3.41. The molecule has 1 heterocycles. The molecule has 0 aliphatic carbocycles. The highest BCUT2D eigenvalue weighted by atomic mass is 14.7. The molecule has 0 saturated heterocycles. The van der Waals surface area contributed by atoms with Crippen LogP contribution in [0.2, 0.25) is 0 Å². The van der Waals surface area contributed by atoms with Crippen molar-refractivity contribution in [2.45, 2.75) is 32.7 Å². The largest absolute Gasteiger partial charge is 0.324 e. The molecule has 2 rings (SSSR count). The van der Waals surface area contributed by atoms with Crippen LogP contribution in [-0.4, -0.2) is 4.98 Å². The van der Waals surface area contributed by atoms with Crippen LogP contribution in [0.1, 0.15) is 35.0 Å². The Morgan fingerprint density at radius 2 is 1.67 bits per heavy atom. The predicted molar refractivity (Wildman–Crippen MR) is 75.4 cm³/mol. The summed E-state index contributed by atoms with van der Waals surface area (Å²) in [6.07, 6.45) is 1.98. The van der Waals surface area contributed by atoms with Gasteiger partial charge in [0.1, 0.15) is 0 Å². The fourth-order valence-corrected chi connectivity index (χ4v) is 2.21. The third-order valence-corrected chi connectivity index (χ3v) is 3.12. The predicted octanol–water partition coefficient (Wildman–Crippen LogP) is 3.33. The first kappa shape index (κ1) is 12.8. The highest BCUT2D eigenvalue weighted by Gasteiger charge is 2.07. The Bertz CT molecular complexity index is 486. The summed E-state index contributed by atoms with van der Waals surface area (Å²) in [5.74, 6) is 0. The Morgan fingerprint density at radius 1 is 1.06 bits per heavy atom. The fraction of sp³-hybridized carbons (Fsp3) is 0.312. The molecule has 0 bridgehead atoms. The zero-order chi connectivity index (χ0) is 13.0. The molecule has 18 heavy (non-hydrogen) atoms. The zero-order valence-electron chi connectivity index (χ0n) is 11.1. The summed E-state index contributed by atoms with van der Waals surface area (Å²) in [6.45, 7) is 4.03. The van der Waals surface area contributed by atoms with E-state index in [4.69, 9.17) is 5.73 Å². The number of aryl methyl sites for hydroxylation is 3. The van der Waals surface area contributed by atoms with Gasteiger partial charge in [-0.3, -0.25) is 4.98 Å². The van der Waals surface area contributed by atoms with Crippen LogP contribution in [0, 0.1) is 13.8 Å². The van der Waals surface area contributed by atoms with Crippen LogP contribution in [0.4, 0.5) is 0 Å². The van der Waals surface area contributed by atoms with Gasteiger partial charge in [0, 0.05) is 17.4 Å². The Labute approximate surface area is 109 Å². The number of hydrogen-bond donors (Lipinski definition) is 1. The fourth-order valence-electron chi connectivity index (χ4n) is 2.21. The van der Waals surface area contributed by atoms with Gasteiger partial charge in [0.2, 0.25) is 0 Å². The molecule has 0 spiro atoms. The molecule has 2 aromatic rings. The highest BCUT2D eigenvalue weighted by molar-refractivity contribution is 5.24. The topological polar surface area (TPSA) is 38.9 Å². The van der Waals surface area contributed by atoms with Crippen molar-refractivity contribution >= 4 is 0 Å². The van der Waals surface area contributed by atoms with Crippen LogP contribution in [0.15, 0.2) is 42.5 Å². The molecule has 1 atom stereocenters. The molecule has 0 amide bonds. The van der Waals surface area contributed by atoms with E-state index in [-0.39, 0.29) is 6.04 Å². The lowest BCUT2D eigenvalue weighted by Crippen LogP contribution is -2.12. The van der Waals surface area contributed by atoms with Crippen LogP contribution in [0.5, 0.6) is 0 Å². The average molecular weight is 240 g/mol. The first-order valence-corrected chi connectivity index (χ1v) is 6.40. The first-order valence-electron chi connectivity index (χ1n) is 6.40. The molecule has 0 fully saturated rings. The second-order valence-electron chi connectivity index (χ2n) is 4.81. The van der Waals surface area contributed by atoms with E-state index in [9.17, 15) is 0 Å². The Morgan fingerprint density at radius 3 is 2.28 bits per heavy atom. The van der Waals surface area contributed by atoms with Gasteiger partial charge >= 0.3 is 0 Å². The monoisotopic (exact) mass is 240 g/mol. The quantitative estimate of drug-likeness (QED) is 0.890.